The molecule has 0 aromatic heterocycles. The van der Waals surface area contributed by atoms with E-state index in [1.54, 1.807) is 6.07 Å². The lowest BCUT2D eigenvalue weighted by molar-refractivity contribution is -0.118. The summed E-state index contributed by atoms with van der Waals surface area (Å²) in [5.74, 6) is -0.0852. The van der Waals surface area contributed by atoms with Gasteiger partial charge in [-0.25, -0.2) is 4.39 Å². The maximum atomic E-state index is 12.8. The van der Waals surface area contributed by atoms with Crippen LogP contribution in [-0.4, -0.2) is 12.5 Å². The number of nitrogens with two attached hydrogens (primary N) is 1. The summed E-state index contributed by atoms with van der Waals surface area (Å²) in [6.07, 6.45) is 0. The zero-order valence-electron chi connectivity index (χ0n) is 11.7. The first-order chi connectivity index (χ1) is 10.1. The highest BCUT2D eigenvalue weighted by Gasteiger charge is 2.09. The van der Waals surface area contributed by atoms with Gasteiger partial charge in [0.25, 0.3) is 5.91 Å². The van der Waals surface area contributed by atoms with E-state index in [9.17, 15) is 9.18 Å². The summed E-state index contributed by atoms with van der Waals surface area (Å²) in [5.41, 5.74) is 7.20. The smallest absolute Gasteiger partial charge is 0.262 e. The highest BCUT2D eigenvalue weighted by atomic mass is 19.1. The van der Waals surface area contributed by atoms with Crippen LogP contribution in [-0.2, 0) is 4.79 Å². The van der Waals surface area contributed by atoms with Crippen molar-refractivity contribution in [2.24, 2.45) is 5.73 Å². The molecule has 1 atom stereocenters. The van der Waals surface area contributed by atoms with Crippen LogP contribution >= 0.6 is 0 Å². The van der Waals surface area contributed by atoms with Crippen LogP contribution in [0.2, 0.25) is 0 Å². The molecule has 110 valence electrons. The number of ether oxygens (including phenoxy) is 1. The van der Waals surface area contributed by atoms with Gasteiger partial charge in [-0.05, 0) is 37.3 Å². The molecule has 0 heterocycles. The average molecular weight is 288 g/mol. The van der Waals surface area contributed by atoms with E-state index < -0.39 is 0 Å². The third kappa shape index (κ3) is 4.29. The zero-order valence-corrected chi connectivity index (χ0v) is 11.7. The molecule has 0 aliphatic carbocycles. The fourth-order valence-corrected chi connectivity index (χ4v) is 1.86. The standard InChI is InChI=1S/C16H17FN2O2/c1-11(18)14-4-2-3-5-15(14)21-10-16(20)19-13-8-6-12(17)7-9-13/h2-9,11H,10,18H2,1H3,(H,19,20). The van der Waals surface area contributed by atoms with E-state index >= 15 is 0 Å². The van der Waals surface area contributed by atoms with E-state index in [2.05, 4.69) is 5.32 Å². The Morgan fingerprint density at radius 3 is 2.57 bits per heavy atom. The van der Waals surface area contributed by atoms with E-state index in [0.29, 0.717) is 11.4 Å². The molecule has 5 heteroatoms. The number of rotatable bonds is 5. The number of nitrogens with one attached hydrogen (secondary N) is 1. The topological polar surface area (TPSA) is 64.3 Å². The molecule has 0 bridgehead atoms. The van der Waals surface area contributed by atoms with E-state index in [1.807, 2.05) is 25.1 Å². The first kappa shape index (κ1) is 15.0. The Bertz CT molecular complexity index is 612. The van der Waals surface area contributed by atoms with Gasteiger partial charge in [0.1, 0.15) is 11.6 Å². The van der Waals surface area contributed by atoms with E-state index in [1.165, 1.54) is 24.3 Å². The minimum Gasteiger partial charge on any atom is -0.483 e. The van der Waals surface area contributed by atoms with Crippen molar-refractivity contribution in [3.05, 3.63) is 59.9 Å². The van der Waals surface area contributed by atoms with Crippen molar-refractivity contribution in [1.29, 1.82) is 0 Å². The van der Waals surface area contributed by atoms with E-state index in [4.69, 9.17) is 10.5 Å². The summed E-state index contributed by atoms with van der Waals surface area (Å²) in [6.45, 7) is 1.71. The molecule has 0 aliphatic rings. The molecule has 0 saturated carbocycles. The maximum absolute atomic E-state index is 12.8. The van der Waals surface area contributed by atoms with Gasteiger partial charge in [-0.2, -0.15) is 0 Å². The average Bonchev–Trinajstić information content (AvgIpc) is 2.48. The molecule has 0 fully saturated rings. The number of carbonyl (C=O) groups excluding carboxylic acids is 1. The molecule has 2 rings (SSSR count). The van der Waals surface area contributed by atoms with Gasteiger partial charge in [0.2, 0.25) is 0 Å². The van der Waals surface area contributed by atoms with Crippen LogP contribution in [0.4, 0.5) is 10.1 Å². The first-order valence-electron chi connectivity index (χ1n) is 6.59. The van der Waals surface area contributed by atoms with Crippen LogP contribution in [0.5, 0.6) is 5.75 Å². The lowest BCUT2D eigenvalue weighted by atomic mass is 10.1. The number of halogens is 1. The zero-order chi connectivity index (χ0) is 15.2. The number of hydrogen-bond acceptors (Lipinski definition) is 3. The van der Waals surface area contributed by atoms with Gasteiger partial charge < -0.3 is 15.8 Å². The summed E-state index contributed by atoms with van der Waals surface area (Å²) in [4.78, 5) is 11.8. The Labute approximate surface area is 122 Å². The highest BCUT2D eigenvalue weighted by molar-refractivity contribution is 5.91. The number of benzene rings is 2. The predicted octanol–water partition coefficient (Wildman–Crippen LogP) is 2.86. The molecule has 2 aromatic carbocycles. The molecular formula is C16H17FN2O2. The van der Waals surface area contributed by atoms with Gasteiger partial charge in [0.05, 0.1) is 0 Å². The van der Waals surface area contributed by atoms with Crippen LogP contribution < -0.4 is 15.8 Å². The molecule has 1 unspecified atom stereocenters. The normalized spacial score (nSPS) is 11.8. The Hall–Kier alpha value is -2.40. The number of hydrogen-bond donors (Lipinski definition) is 2. The van der Waals surface area contributed by atoms with Crippen LogP contribution in [0.25, 0.3) is 0 Å². The van der Waals surface area contributed by atoms with E-state index in [0.717, 1.165) is 5.56 Å². The van der Waals surface area contributed by atoms with E-state index in [-0.39, 0.29) is 24.4 Å². The molecule has 0 saturated heterocycles. The van der Waals surface area contributed by atoms with Gasteiger partial charge in [-0.15, -0.1) is 0 Å². The van der Waals surface area contributed by atoms with Crippen molar-refractivity contribution in [2.75, 3.05) is 11.9 Å². The largest absolute Gasteiger partial charge is 0.483 e. The van der Waals surface area contributed by atoms with Crippen molar-refractivity contribution in [2.45, 2.75) is 13.0 Å². The Morgan fingerprint density at radius 1 is 1.24 bits per heavy atom. The number of amides is 1. The quantitative estimate of drug-likeness (QED) is 0.889. The lowest BCUT2D eigenvalue weighted by Crippen LogP contribution is -2.21. The molecule has 3 N–H and O–H groups in total. The third-order valence-electron chi connectivity index (χ3n) is 2.90. The molecule has 4 nitrogen and oxygen atoms in total. The predicted molar refractivity (Wildman–Crippen MR) is 79.6 cm³/mol. The van der Waals surface area contributed by atoms with Crippen LogP contribution in [0.3, 0.4) is 0 Å². The second-order valence-electron chi connectivity index (χ2n) is 4.67. The SMILES string of the molecule is CC(N)c1ccccc1OCC(=O)Nc1ccc(F)cc1. The fraction of sp³-hybridized carbons (Fsp3) is 0.188. The van der Waals surface area contributed by atoms with Crippen LogP contribution in [0.15, 0.2) is 48.5 Å². The molecule has 1 amide bonds. The maximum Gasteiger partial charge on any atom is 0.262 e. The van der Waals surface area contributed by atoms with Crippen molar-refractivity contribution in [1.82, 2.24) is 0 Å². The third-order valence-corrected chi connectivity index (χ3v) is 2.90. The lowest BCUT2D eigenvalue weighted by Gasteiger charge is -2.13. The van der Waals surface area contributed by atoms with Crippen molar-refractivity contribution in [3.8, 4) is 5.75 Å². The van der Waals surface area contributed by atoms with Crippen molar-refractivity contribution < 1.29 is 13.9 Å². The first-order valence-corrected chi connectivity index (χ1v) is 6.59. The fourth-order valence-electron chi connectivity index (χ4n) is 1.86. The second-order valence-corrected chi connectivity index (χ2v) is 4.67. The van der Waals surface area contributed by atoms with Gasteiger partial charge in [-0.1, -0.05) is 18.2 Å². The van der Waals surface area contributed by atoms with Crippen molar-refractivity contribution >= 4 is 11.6 Å². The van der Waals surface area contributed by atoms with Gasteiger partial charge in [-0.3, -0.25) is 4.79 Å². The molecule has 0 radical (unpaired) electrons. The van der Waals surface area contributed by atoms with Crippen LogP contribution in [0.1, 0.15) is 18.5 Å². The van der Waals surface area contributed by atoms with Crippen molar-refractivity contribution in [3.63, 3.8) is 0 Å². The second kappa shape index (κ2) is 6.85. The summed E-state index contributed by atoms with van der Waals surface area (Å²) in [5, 5.41) is 2.63. The minimum absolute atomic E-state index is 0.138. The van der Waals surface area contributed by atoms with Gasteiger partial charge in [0, 0.05) is 17.3 Å². The van der Waals surface area contributed by atoms with Gasteiger partial charge >= 0.3 is 0 Å². The monoisotopic (exact) mass is 288 g/mol. The Kier molecular flexibility index (Phi) is 4.90. The number of para-hydroxylation sites is 1. The summed E-state index contributed by atoms with van der Waals surface area (Å²) in [7, 11) is 0. The van der Waals surface area contributed by atoms with Gasteiger partial charge in [0.15, 0.2) is 6.61 Å². The Morgan fingerprint density at radius 2 is 1.90 bits per heavy atom. The summed E-state index contributed by atoms with van der Waals surface area (Å²) >= 11 is 0. The Balaban J connectivity index is 1.94. The summed E-state index contributed by atoms with van der Waals surface area (Å²) < 4.78 is 18.3. The van der Waals surface area contributed by atoms with Crippen LogP contribution in [0, 0.1) is 5.82 Å². The molecular weight excluding hydrogens is 271 g/mol. The molecule has 21 heavy (non-hydrogen) atoms. The molecule has 2 aromatic rings. The molecule has 0 spiro atoms. The number of carbonyl (C=O) groups is 1. The minimum atomic E-state index is -0.352. The summed E-state index contributed by atoms with van der Waals surface area (Å²) in [6, 6.07) is 12.7. The number of anilines is 1. The molecule has 0 aliphatic heterocycles. The highest BCUT2D eigenvalue weighted by Crippen LogP contribution is 2.23.